The van der Waals surface area contributed by atoms with Crippen LogP contribution in [0.25, 0.3) is 0 Å². The van der Waals surface area contributed by atoms with Crippen LogP contribution in [0, 0.1) is 11.8 Å². The number of hydrogen-bond donors (Lipinski definition) is 0. The number of esters is 1. The number of hydrogen-bond acceptors (Lipinski definition) is 5. The predicted octanol–water partition coefficient (Wildman–Crippen LogP) is 7.05. The molecule has 12 heteroatoms. The van der Waals surface area contributed by atoms with Gasteiger partial charge in [0.25, 0.3) is 0 Å². The first-order chi connectivity index (χ1) is 15.9. The highest BCUT2D eigenvalue weighted by molar-refractivity contribution is 7.55. The molecule has 1 aliphatic carbocycles. The van der Waals surface area contributed by atoms with Crippen LogP contribution in [0.15, 0.2) is 30.3 Å². The van der Waals surface area contributed by atoms with Crippen molar-refractivity contribution >= 4 is 13.6 Å². The molecule has 1 aliphatic rings. The number of ether oxygens (including phenoxy) is 1. The van der Waals surface area contributed by atoms with Crippen molar-refractivity contribution in [3.63, 3.8) is 0 Å². The Morgan fingerprint density at radius 1 is 1.00 bits per heavy atom. The summed E-state index contributed by atoms with van der Waals surface area (Å²) in [6.45, 7) is 2.54. The van der Waals surface area contributed by atoms with Gasteiger partial charge in [0.1, 0.15) is 6.10 Å². The summed E-state index contributed by atoms with van der Waals surface area (Å²) in [4.78, 5) is 12.9. The number of halogens is 6. The van der Waals surface area contributed by atoms with Gasteiger partial charge < -0.3 is 4.74 Å². The Balaban J connectivity index is 2.26. The van der Waals surface area contributed by atoms with Crippen molar-refractivity contribution in [3.05, 3.63) is 35.9 Å². The normalized spacial score (nSPS) is 23.1. The van der Waals surface area contributed by atoms with Gasteiger partial charge in [-0.3, -0.25) is 18.4 Å². The summed E-state index contributed by atoms with van der Waals surface area (Å²) >= 11 is 0. The van der Waals surface area contributed by atoms with Crippen LogP contribution in [0.3, 0.4) is 0 Å². The van der Waals surface area contributed by atoms with E-state index in [1.807, 2.05) is 51.1 Å². The molecule has 1 saturated carbocycles. The fourth-order valence-corrected chi connectivity index (χ4v) is 5.82. The van der Waals surface area contributed by atoms with E-state index in [1.165, 1.54) is 0 Å². The van der Waals surface area contributed by atoms with Gasteiger partial charge in [0.2, 0.25) is 0 Å². The Morgan fingerprint density at radius 3 is 2.00 bits per heavy atom. The average Bonchev–Trinajstić information content (AvgIpc) is 2.75. The lowest BCUT2D eigenvalue weighted by molar-refractivity contribution is -0.168. The highest BCUT2D eigenvalue weighted by Crippen LogP contribution is 2.55. The Labute approximate surface area is 201 Å². The third kappa shape index (κ3) is 8.50. The highest BCUT2D eigenvalue weighted by atomic mass is 31.2. The van der Waals surface area contributed by atoms with Crippen LogP contribution < -0.4 is 0 Å². The molecule has 0 aliphatic heterocycles. The SMILES string of the molecule is CC(C(=O)O[C@@H]1C[C@H](C)CC[C@H]1C(C)(C)c1ccccc1)P(=O)(OCC(F)(F)F)OCC(F)(F)F. The number of rotatable bonds is 9. The lowest BCUT2D eigenvalue weighted by atomic mass is 9.64. The largest absolute Gasteiger partial charge is 0.461 e. The third-order valence-corrected chi connectivity index (χ3v) is 8.54. The average molecular weight is 532 g/mol. The van der Waals surface area contributed by atoms with Gasteiger partial charge >= 0.3 is 25.9 Å². The van der Waals surface area contributed by atoms with Crippen LogP contribution in [0.1, 0.15) is 52.5 Å². The summed E-state index contributed by atoms with van der Waals surface area (Å²) in [6, 6.07) is 9.48. The van der Waals surface area contributed by atoms with Gasteiger partial charge in [0, 0.05) is 5.92 Å². The van der Waals surface area contributed by atoms with Crippen molar-refractivity contribution in [2.24, 2.45) is 11.8 Å². The van der Waals surface area contributed by atoms with Crippen molar-refractivity contribution in [2.45, 2.75) is 76.5 Å². The summed E-state index contributed by atoms with van der Waals surface area (Å²) in [5.74, 6) is -1.25. The van der Waals surface area contributed by atoms with Gasteiger partial charge in [0.15, 0.2) is 18.9 Å². The fraction of sp³-hybridized carbons (Fsp3) is 0.696. The van der Waals surface area contributed by atoms with Gasteiger partial charge in [0.05, 0.1) is 0 Å². The van der Waals surface area contributed by atoms with E-state index in [9.17, 15) is 35.7 Å². The molecular weight excluding hydrogens is 501 g/mol. The standard InChI is InChI=1S/C23H31F6O5P/c1-15-10-11-18(21(3,4)17-8-6-5-7-9-17)19(12-15)34-20(30)16(2)35(31,32-13-22(24,25)26)33-14-23(27,28)29/h5-9,15-16,18-19H,10-14H2,1-4H3/t15-,16?,18-,19-/m1/s1. The summed E-state index contributed by atoms with van der Waals surface area (Å²) in [6.07, 6.45) is -8.71. The first-order valence-electron chi connectivity index (χ1n) is 11.2. The molecule has 0 spiro atoms. The molecule has 35 heavy (non-hydrogen) atoms. The van der Waals surface area contributed by atoms with Crippen molar-refractivity contribution in [2.75, 3.05) is 13.2 Å². The fourth-order valence-electron chi connectivity index (χ4n) is 4.33. The van der Waals surface area contributed by atoms with E-state index in [-0.39, 0.29) is 11.8 Å². The molecule has 1 aromatic carbocycles. The van der Waals surface area contributed by atoms with Gasteiger partial charge in [-0.05, 0) is 36.7 Å². The van der Waals surface area contributed by atoms with Gasteiger partial charge in [-0.25, -0.2) is 0 Å². The van der Waals surface area contributed by atoms with E-state index in [1.54, 1.807) is 0 Å². The summed E-state index contributed by atoms with van der Waals surface area (Å²) < 4.78 is 103. The number of benzene rings is 1. The monoisotopic (exact) mass is 532 g/mol. The Hall–Kier alpha value is -1.58. The molecule has 1 unspecified atom stereocenters. The van der Waals surface area contributed by atoms with Crippen molar-refractivity contribution in [1.29, 1.82) is 0 Å². The predicted molar refractivity (Wildman–Crippen MR) is 117 cm³/mol. The molecule has 5 nitrogen and oxygen atoms in total. The Kier molecular flexibility index (Phi) is 9.50. The van der Waals surface area contributed by atoms with Gasteiger partial charge in [-0.2, -0.15) is 26.3 Å². The summed E-state index contributed by atoms with van der Waals surface area (Å²) in [5, 5.41) is 0. The summed E-state index contributed by atoms with van der Waals surface area (Å²) in [5.41, 5.74) is -1.47. The van der Waals surface area contributed by atoms with E-state index in [0.29, 0.717) is 12.8 Å². The molecule has 0 N–H and O–H groups in total. The second-order valence-electron chi connectivity index (χ2n) is 9.58. The molecule has 200 valence electrons. The van der Waals surface area contributed by atoms with E-state index in [0.717, 1.165) is 18.9 Å². The van der Waals surface area contributed by atoms with Gasteiger partial charge in [-0.15, -0.1) is 0 Å². The van der Waals surface area contributed by atoms with Crippen molar-refractivity contribution in [3.8, 4) is 0 Å². The maximum Gasteiger partial charge on any atom is 0.412 e. The topological polar surface area (TPSA) is 61.8 Å². The quantitative estimate of drug-likeness (QED) is 0.194. The van der Waals surface area contributed by atoms with E-state index in [2.05, 4.69) is 9.05 Å². The Morgan fingerprint density at radius 2 is 1.51 bits per heavy atom. The smallest absolute Gasteiger partial charge is 0.412 e. The number of alkyl halides is 6. The first kappa shape index (κ1) is 29.6. The minimum Gasteiger partial charge on any atom is -0.461 e. The third-order valence-electron chi connectivity index (χ3n) is 6.40. The van der Waals surface area contributed by atoms with Crippen LogP contribution in [0.4, 0.5) is 26.3 Å². The molecule has 0 aromatic heterocycles. The zero-order valence-corrected chi connectivity index (χ0v) is 20.9. The van der Waals surface area contributed by atoms with Crippen LogP contribution in [-0.4, -0.2) is 43.3 Å². The first-order valence-corrected chi connectivity index (χ1v) is 12.8. The molecular formula is C23H31F6O5P. The molecule has 4 atom stereocenters. The molecule has 0 bridgehead atoms. The van der Waals surface area contributed by atoms with E-state index >= 15 is 0 Å². The Bertz CT molecular complexity index is 865. The van der Waals surface area contributed by atoms with E-state index in [4.69, 9.17) is 4.74 Å². The molecule has 0 radical (unpaired) electrons. The van der Waals surface area contributed by atoms with Crippen LogP contribution in [-0.2, 0) is 28.6 Å². The van der Waals surface area contributed by atoms with Crippen LogP contribution in [0.5, 0.6) is 0 Å². The van der Waals surface area contributed by atoms with Gasteiger partial charge in [-0.1, -0.05) is 57.5 Å². The molecule has 0 saturated heterocycles. The van der Waals surface area contributed by atoms with Crippen molar-refractivity contribution in [1.82, 2.24) is 0 Å². The second-order valence-corrected chi connectivity index (χ2v) is 12.0. The summed E-state index contributed by atoms with van der Waals surface area (Å²) in [7, 11) is -5.18. The number of carbonyl (C=O) groups excluding carboxylic acids is 1. The van der Waals surface area contributed by atoms with E-state index < -0.39 is 56.3 Å². The maximum atomic E-state index is 12.9. The lowest BCUT2D eigenvalue weighted by Crippen LogP contribution is -2.44. The van der Waals surface area contributed by atoms with Crippen molar-refractivity contribution < 1.29 is 49.5 Å². The minimum atomic E-state index is -5.18. The lowest BCUT2D eigenvalue weighted by Gasteiger charge is -2.44. The minimum absolute atomic E-state index is 0.167. The molecule has 2 rings (SSSR count). The molecule has 1 aromatic rings. The molecule has 1 fully saturated rings. The zero-order valence-electron chi connectivity index (χ0n) is 20.0. The zero-order chi connectivity index (χ0) is 26.7. The molecule has 0 amide bonds. The molecule has 0 heterocycles. The van der Waals surface area contributed by atoms with Crippen LogP contribution in [0.2, 0.25) is 0 Å². The second kappa shape index (κ2) is 11.2. The maximum absolute atomic E-state index is 12.9. The highest BCUT2D eigenvalue weighted by Gasteiger charge is 2.48. The van der Waals surface area contributed by atoms with Crippen LogP contribution >= 0.6 is 7.60 Å². The number of carbonyl (C=O) groups is 1.